The molecule has 2 heterocycles. The zero-order chi connectivity index (χ0) is 19.1. The van der Waals surface area contributed by atoms with Crippen LogP contribution in [0.25, 0.3) is 11.4 Å². The smallest absolute Gasteiger partial charge is 0.232 e. The molecule has 6 heteroatoms. The van der Waals surface area contributed by atoms with Gasteiger partial charge in [-0.25, -0.2) is 0 Å². The third-order valence-corrected chi connectivity index (χ3v) is 5.31. The summed E-state index contributed by atoms with van der Waals surface area (Å²) in [6, 6.07) is 11.8. The van der Waals surface area contributed by atoms with E-state index in [9.17, 15) is 4.79 Å². The fourth-order valence-corrected chi connectivity index (χ4v) is 3.87. The van der Waals surface area contributed by atoms with Crippen LogP contribution in [-0.2, 0) is 4.79 Å². The summed E-state index contributed by atoms with van der Waals surface area (Å²) in [6.07, 6.45) is 0.332. The van der Waals surface area contributed by atoms with Gasteiger partial charge in [0.25, 0.3) is 0 Å². The predicted molar refractivity (Wildman–Crippen MR) is 105 cm³/mol. The summed E-state index contributed by atoms with van der Waals surface area (Å²) < 4.78 is 5.52. The first-order valence-electron chi connectivity index (χ1n) is 8.90. The number of hydrogen-bond acceptors (Lipinski definition) is 4. The molecule has 1 saturated heterocycles. The second-order valence-corrected chi connectivity index (χ2v) is 7.49. The largest absolute Gasteiger partial charge is 0.339 e. The number of halogens is 1. The normalized spacial score (nSPS) is 17.0. The Balaban J connectivity index is 1.62. The minimum Gasteiger partial charge on any atom is -0.339 e. The molecule has 0 spiro atoms. The second kappa shape index (κ2) is 6.82. The Labute approximate surface area is 163 Å². The average Bonchev–Trinajstić information content (AvgIpc) is 3.24. The van der Waals surface area contributed by atoms with Crippen molar-refractivity contribution in [2.75, 3.05) is 11.4 Å². The Kier molecular flexibility index (Phi) is 4.48. The van der Waals surface area contributed by atoms with Gasteiger partial charge in [0.15, 0.2) is 0 Å². The van der Waals surface area contributed by atoms with Crippen molar-refractivity contribution in [3.05, 3.63) is 64.0 Å². The zero-order valence-electron chi connectivity index (χ0n) is 15.5. The minimum atomic E-state index is -0.139. The van der Waals surface area contributed by atoms with Gasteiger partial charge < -0.3 is 9.42 Å². The van der Waals surface area contributed by atoms with E-state index in [0.29, 0.717) is 29.7 Å². The Morgan fingerprint density at radius 3 is 2.74 bits per heavy atom. The molecule has 0 aliphatic carbocycles. The van der Waals surface area contributed by atoms with Crippen LogP contribution in [0, 0.1) is 20.8 Å². The van der Waals surface area contributed by atoms with Crippen LogP contribution in [0.15, 0.2) is 40.9 Å². The summed E-state index contributed by atoms with van der Waals surface area (Å²) in [7, 11) is 0. The highest BCUT2D eigenvalue weighted by molar-refractivity contribution is 6.34. The van der Waals surface area contributed by atoms with Crippen molar-refractivity contribution >= 4 is 23.2 Å². The van der Waals surface area contributed by atoms with Crippen molar-refractivity contribution in [1.82, 2.24) is 10.1 Å². The standard InChI is InChI=1S/C21H20ClN3O2/c1-12-7-8-13(2)16(9-12)20-23-21(27-24-20)15-10-18(26)25(11-15)19-14(3)5-4-6-17(19)22/h4-9,15H,10-11H2,1-3H3. The van der Waals surface area contributed by atoms with Crippen molar-refractivity contribution in [2.45, 2.75) is 33.1 Å². The van der Waals surface area contributed by atoms with E-state index < -0.39 is 0 Å². The molecule has 2 aromatic carbocycles. The molecule has 0 bridgehead atoms. The van der Waals surface area contributed by atoms with Crippen LogP contribution in [-0.4, -0.2) is 22.6 Å². The first-order valence-corrected chi connectivity index (χ1v) is 9.28. The van der Waals surface area contributed by atoms with Crippen molar-refractivity contribution in [2.24, 2.45) is 0 Å². The molecule has 1 unspecified atom stereocenters. The number of hydrogen-bond donors (Lipinski definition) is 0. The number of aromatic nitrogens is 2. The first-order chi connectivity index (χ1) is 12.9. The molecule has 1 aromatic heterocycles. The van der Waals surface area contributed by atoms with Crippen molar-refractivity contribution in [1.29, 1.82) is 0 Å². The lowest BCUT2D eigenvalue weighted by Crippen LogP contribution is -2.25. The van der Waals surface area contributed by atoms with Gasteiger partial charge in [0.05, 0.1) is 16.6 Å². The molecule has 0 N–H and O–H groups in total. The van der Waals surface area contributed by atoms with Crippen LogP contribution in [0.3, 0.4) is 0 Å². The van der Waals surface area contributed by atoms with Gasteiger partial charge in [-0.05, 0) is 44.0 Å². The van der Waals surface area contributed by atoms with Crippen molar-refractivity contribution < 1.29 is 9.32 Å². The van der Waals surface area contributed by atoms with Gasteiger partial charge >= 0.3 is 0 Å². The fraction of sp³-hybridized carbons (Fsp3) is 0.286. The van der Waals surface area contributed by atoms with Crippen LogP contribution in [0.4, 0.5) is 5.69 Å². The summed E-state index contributed by atoms with van der Waals surface area (Å²) in [4.78, 5) is 18.9. The van der Waals surface area contributed by atoms with E-state index >= 15 is 0 Å². The van der Waals surface area contributed by atoms with Crippen LogP contribution in [0.2, 0.25) is 5.02 Å². The second-order valence-electron chi connectivity index (χ2n) is 7.09. The quantitative estimate of drug-likeness (QED) is 0.651. The summed E-state index contributed by atoms with van der Waals surface area (Å²) in [6.45, 7) is 6.49. The third-order valence-electron chi connectivity index (χ3n) is 5.01. The summed E-state index contributed by atoms with van der Waals surface area (Å²) in [5.41, 5.74) is 4.91. The highest BCUT2D eigenvalue weighted by Crippen LogP contribution is 2.37. The van der Waals surface area contributed by atoms with Crippen LogP contribution in [0.5, 0.6) is 0 Å². The lowest BCUT2D eigenvalue weighted by Gasteiger charge is -2.20. The molecule has 27 heavy (non-hydrogen) atoms. The maximum atomic E-state index is 12.6. The fourth-order valence-electron chi connectivity index (χ4n) is 3.54. The number of para-hydroxylation sites is 1. The number of rotatable bonds is 3. The molecular weight excluding hydrogens is 362 g/mol. The number of anilines is 1. The number of amides is 1. The topological polar surface area (TPSA) is 59.2 Å². The molecule has 5 nitrogen and oxygen atoms in total. The lowest BCUT2D eigenvalue weighted by atomic mass is 10.1. The van der Waals surface area contributed by atoms with E-state index in [1.54, 1.807) is 11.0 Å². The van der Waals surface area contributed by atoms with E-state index in [4.69, 9.17) is 16.1 Å². The molecule has 1 atom stereocenters. The molecular formula is C21H20ClN3O2. The molecule has 0 saturated carbocycles. The molecule has 138 valence electrons. The molecule has 4 rings (SSSR count). The summed E-state index contributed by atoms with van der Waals surface area (Å²) in [5, 5.41) is 4.72. The maximum Gasteiger partial charge on any atom is 0.232 e. The number of carbonyl (C=O) groups is 1. The third kappa shape index (κ3) is 3.23. The first kappa shape index (κ1) is 17.7. The zero-order valence-corrected chi connectivity index (χ0v) is 16.2. The van der Waals surface area contributed by atoms with E-state index in [0.717, 1.165) is 27.9 Å². The Bertz CT molecular complexity index is 1010. The molecule has 1 aliphatic heterocycles. The van der Waals surface area contributed by atoms with E-state index in [2.05, 4.69) is 16.2 Å². The minimum absolute atomic E-state index is 0.0164. The molecule has 1 amide bonds. The van der Waals surface area contributed by atoms with Gasteiger partial charge in [0.1, 0.15) is 0 Å². The summed E-state index contributed by atoms with van der Waals surface area (Å²) in [5.74, 6) is 0.930. The average molecular weight is 382 g/mol. The molecule has 0 radical (unpaired) electrons. The molecule has 3 aromatic rings. The Morgan fingerprint density at radius 1 is 1.15 bits per heavy atom. The number of benzene rings is 2. The Morgan fingerprint density at radius 2 is 1.96 bits per heavy atom. The number of carbonyl (C=O) groups excluding carboxylic acids is 1. The monoisotopic (exact) mass is 381 g/mol. The van der Waals surface area contributed by atoms with Gasteiger partial charge in [-0.3, -0.25) is 4.79 Å². The van der Waals surface area contributed by atoms with Gasteiger partial charge in [0.2, 0.25) is 17.6 Å². The maximum absolute atomic E-state index is 12.6. The highest BCUT2D eigenvalue weighted by Gasteiger charge is 2.36. The molecule has 1 aliphatic rings. The van der Waals surface area contributed by atoms with Gasteiger partial charge in [-0.15, -0.1) is 0 Å². The van der Waals surface area contributed by atoms with Gasteiger partial charge in [-0.1, -0.05) is 46.6 Å². The number of aryl methyl sites for hydroxylation is 3. The van der Waals surface area contributed by atoms with Crippen molar-refractivity contribution in [3.8, 4) is 11.4 Å². The van der Waals surface area contributed by atoms with Crippen LogP contribution >= 0.6 is 11.6 Å². The summed E-state index contributed by atoms with van der Waals surface area (Å²) >= 11 is 6.34. The van der Waals surface area contributed by atoms with E-state index in [1.165, 1.54) is 0 Å². The van der Waals surface area contributed by atoms with E-state index in [-0.39, 0.29) is 11.8 Å². The van der Waals surface area contributed by atoms with Crippen molar-refractivity contribution in [3.63, 3.8) is 0 Å². The van der Waals surface area contributed by atoms with Gasteiger partial charge in [0, 0.05) is 18.5 Å². The Hall–Kier alpha value is -2.66. The van der Waals surface area contributed by atoms with Gasteiger partial charge in [-0.2, -0.15) is 4.98 Å². The van der Waals surface area contributed by atoms with Crippen LogP contribution < -0.4 is 4.90 Å². The highest BCUT2D eigenvalue weighted by atomic mass is 35.5. The lowest BCUT2D eigenvalue weighted by molar-refractivity contribution is -0.117. The SMILES string of the molecule is Cc1ccc(C)c(-c2noc(C3CC(=O)N(c4c(C)cccc4Cl)C3)n2)c1. The van der Waals surface area contributed by atoms with Crippen LogP contribution in [0.1, 0.15) is 34.9 Å². The molecule has 1 fully saturated rings. The number of nitrogens with zero attached hydrogens (tertiary/aromatic N) is 3. The van der Waals surface area contributed by atoms with E-state index in [1.807, 2.05) is 45.0 Å². The predicted octanol–water partition coefficient (Wildman–Crippen LogP) is 4.84.